The predicted octanol–water partition coefficient (Wildman–Crippen LogP) is 0.923. The first kappa shape index (κ1) is 15.8. The molecule has 2 amide bonds. The van der Waals surface area contributed by atoms with Crippen LogP contribution in [0.5, 0.6) is 5.75 Å². The van der Waals surface area contributed by atoms with Crippen LogP contribution in [-0.2, 0) is 4.79 Å². The summed E-state index contributed by atoms with van der Waals surface area (Å²) in [5.41, 5.74) is 6.59. The van der Waals surface area contributed by atoms with Crippen molar-refractivity contribution in [2.75, 3.05) is 25.4 Å². The molecule has 6 heteroatoms. The van der Waals surface area contributed by atoms with Crippen LogP contribution >= 0.6 is 0 Å². The van der Waals surface area contributed by atoms with Gasteiger partial charge in [0, 0.05) is 19.5 Å². The van der Waals surface area contributed by atoms with Crippen LogP contribution in [0.3, 0.4) is 0 Å². The maximum absolute atomic E-state index is 12.1. The van der Waals surface area contributed by atoms with E-state index in [-0.39, 0.29) is 24.8 Å². The van der Waals surface area contributed by atoms with E-state index in [4.69, 9.17) is 10.5 Å². The minimum absolute atomic E-state index is 0.0922. The van der Waals surface area contributed by atoms with Crippen LogP contribution in [0.25, 0.3) is 0 Å². The van der Waals surface area contributed by atoms with Gasteiger partial charge in [-0.25, -0.2) is 0 Å². The number of amides is 2. The molecule has 20 heavy (non-hydrogen) atoms. The molecule has 110 valence electrons. The minimum atomic E-state index is -0.301. The first-order chi connectivity index (χ1) is 9.60. The number of anilines is 1. The van der Waals surface area contributed by atoms with Gasteiger partial charge in [-0.15, -0.1) is 0 Å². The van der Waals surface area contributed by atoms with Gasteiger partial charge in [0.15, 0.2) is 5.75 Å². The van der Waals surface area contributed by atoms with Gasteiger partial charge >= 0.3 is 0 Å². The lowest BCUT2D eigenvalue weighted by molar-refractivity contribution is -0.120. The maximum atomic E-state index is 12.1. The Kier molecular flexibility index (Phi) is 6.36. The van der Waals surface area contributed by atoms with Crippen molar-refractivity contribution >= 4 is 17.5 Å². The van der Waals surface area contributed by atoms with Gasteiger partial charge in [0.2, 0.25) is 5.91 Å². The van der Waals surface area contributed by atoms with Gasteiger partial charge < -0.3 is 21.1 Å². The summed E-state index contributed by atoms with van der Waals surface area (Å²) in [5, 5.41) is 5.34. The summed E-state index contributed by atoms with van der Waals surface area (Å²) in [7, 11) is 0. The molecule has 0 aliphatic rings. The van der Waals surface area contributed by atoms with E-state index >= 15 is 0 Å². The summed E-state index contributed by atoms with van der Waals surface area (Å²) in [4.78, 5) is 23.3. The lowest BCUT2D eigenvalue weighted by Crippen LogP contribution is -2.30. The van der Waals surface area contributed by atoms with Gasteiger partial charge in [-0.05, 0) is 26.0 Å². The number of carbonyl (C=O) groups is 2. The predicted molar refractivity (Wildman–Crippen MR) is 77.7 cm³/mol. The quantitative estimate of drug-likeness (QED) is 0.647. The number of benzene rings is 1. The van der Waals surface area contributed by atoms with Crippen molar-refractivity contribution in [3.05, 3.63) is 23.8 Å². The van der Waals surface area contributed by atoms with Crippen LogP contribution in [-0.4, -0.2) is 31.5 Å². The fourth-order valence-corrected chi connectivity index (χ4v) is 1.71. The summed E-state index contributed by atoms with van der Waals surface area (Å²) in [5.74, 6) is -0.0130. The number of nitrogen functional groups attached to an aromatic ring is 1. The highest BCUT2D eigenvalue weighted by molar-refractivity contribution is 5.98. The Hall–Kier alpha value is -2.24. The summed E-state index contributed by atoms with van der Waals surface area (Å²) in [6.07, 6.45) is 0.242. The van der Waals surface area contributed by atoms with E-state index in [1.807, 2.05) is 13.8 Å². The average molecular weight is 279 g/mol. The minimum Gasteiger partial charge on any atom is -0.491 e. The zero-order valence-electron chi connectivity index (χ0n) is 11.9. The molecule has 0 atom stereocenters. The van der Waals surface area contributed by atoms with E-state index in [1.165, 1.54) is 0 Å². The standard InChI is InChI=1S/C14H21N3O3/c1-3-16-12(18)8-9-17-14(19)10-6-5-7-11(15)13(10)20-4-2/h5-7H,3-4,8-9,15H2,1-2H3,(H,16,18)(H,17,19). The van der Waals surface area contributed by atoms with E-state index in [2.05, 4.69) is 10.6 Å². The smallest absolute Gasteiger partial charge is 0.255 e. The highest BCUT2D eigenvalue weighted by atomic mass is 16.5. The molecular formula is C14H21N3O3. The number of nitrogens with one attached hydrogen (secondary N) is 2. The molecule has 0 fully saturated rings. The molecule has 1 aromatic rings. The zero-order chi connectivity index (χ0) is 15.0. The topological polar surface area (TPSA) is 93.5 Å². The van der Waals surface area contributed by atoms with Crippen LogP contribution < -0.4 is 21.1 Å². The molecular weight excluding hydrogens is 258 g/mol. The van der Waals surface area contributed by atoms with E-state index in [1.54, 1.807) is 18.2 Å². The Morgan fingerprint density at radius 3 is 2.65 bits per heavy atom. The van der Waals surface area contributed by atoms with Crippen molar-refractivity contribution in [2.24, 2.45) is 0 Å². The summed E-state index contributed by atoms with van der Waals surface area (Å²) in [6.45, 7) is 4.94. The highest BCUT2D eigenvalue weighted by Crippen LogP contribution is 2.26. The normalized spacial score (nSPS) is 9.90. The van der Waals surface area contributed by atoms with Crippen molar-refractivity contribution < 1.29 is 14.3 Å². The maximum Gasteiger partial charge on any atom is 0.255 e. The molecule has 0 spiro atoms. The second-order valence-electron chi connectivity index (χ2n) is 4.12. The van der Waals surface area contributed by atoms with Crippen molar-refractivity contribution in [3.63, 3.8) is 0 Å². The van der Waals surface area contributed by atoms with Gasteiger partial charge in [0.1, 0.15) is 0 Å². The molecule has 0 radical (unpaired) electrons. The zero-order valence-corrected chi connectivity index (χ0v) is 11.9. The molecule has 4 N–H and O–H groups in total. The summed E-state index contributed by atoms with van der Waals surface area (Å²) in [6, 6.07) is 5.01. The molecule has 1 rings (SSSR count). The molecule has 0 saturated carbocycles. The first-order valence-electron chi connectivity index (χ1n) is 6.66. The van der Waals surface area contributed by atoms with Crippen molar-refractivity contribution in [1.82, 2.24) is 10.6 Å². The third kappa shape index (κ3) is 4.46. The Balaban J connectivity index is 2.63. The number of carbonyl (C=O) groups excluding carboxylic acids is 2. The SMILES string of the molecule is CCNC(=O)CCNC(=O)c1cccc(N)c1OCC. The fraction of sp³-hybridized carbons (Fsp3) is 0.429. The number of para-hydroxylation sites is 1. The molecule has 1 aromatic carbocycles. The number of hydrogen-bond donors (Lipinski definition) is 3. The van der Waals surface area contributed by atoms with Crippen LogP contribution in [0.2, 0.25) is 0 Å². The molecule has 0 bridgehead atoms. The number of ether oxygens (including phenoxy) is 1. The molecule has 0 aliphatic heterocycles. The Morgan fingerprint density at radius 2 is 2.00 bits per heavy atom. The van der Waals surface area contributed by atoms with Crippen LogP contribution in [0.15, 0.2) is 18.2 Å². The largest absolute Gasteiger partial charge is 0.491 e. The lowest BCUT2D eigenvalue weighted by atomic mass is 10.1. The molecule has 0 aromatic heterocycles. The molecule has 0 saturated heterocycles. The molecule has 6 nitrogen and oxygen atoms in total. The third-order valence-corrected chi connectivity index (χ3v) is 2.59. The van der Waals surface area contributed by atoms with Crippen LogP contribution in [0.1, 0.15) is 30.6 Å². The Labute approximate surface area is 118 Å². The van der Waals surface area contributed by atoms with E-state index in [9.17, 15) is 9.59 Å². The Morgan fingerprint density at radius 1 is 1.25 bits per heavy atom. The van der Waals surface area contributed by atoms with E-state index in [0.717, 1.165) is 0 Å². The Bertz CT molecular complexity index is 475. The summed E-state index contributed by atoms with van der Waals surface area (Å²) < 4.78 is 5.39. The van der Waals surface area contributed by atoms with E-state index < -0.39 is 0 Å². The lowest BCUT2D eigenvalue weighted by Gasteiger charge is -2.12. The molecule has 0 aliphatic carbocycles. The van der Waals surface area contributed by atoms with Gasteiger partial charge in [-0.1, -0.05) is 6.07 Å². The van der Waals surface area contributed by atoms with Gasteiger partial charge in [0.05, 0.1) is 17.9 Å². The van der Waals surface area contributed by atoms with Crippen molar-refractivity contribution in [3.8, 4) is 5.75 Å². The number of rotatable bonds is 7. The fourth-order valence-electron chi connectivity index (χ4n) is 1.71. The molecule has 0 heterocycles. The van der Waals surface area contributed by atoms with Gasteiger partial charge in [-0.3, -0.25) is 9.59 Å². The number of nitrogens with two attached hydrogens (primary N) is 1. The summed E-state index contributed by atoms with van der Waals surface area (Å²) >= 11 is 0. The third-order valence-electron chi connectivity index (χ3n) is 2.59. The average Bonchev–Trinajstić information content (AvgIpc) is 2.41. The second-order valence-corrected chi connectivity index (χ2v) is 4.12. The van der Waals surface area contributed by atoms with Crippen molar-refractivity contribution in [1.29, 1.82) is 0 Å². The van der Waals surface area contributed by atoms with Gasteiger partial charge in [-0.2, -0.15) is 0 Å². The number of hydrogen-bond acceptors (Lipinski definition) is 4. The first-order valence-corrected chi connectivity index (χ1v) is 6.66. The van der Waals surface area contributed by atoms with Gasteiger partial charge in [0.25, 0.3) is 5.91 Å². The molecule has 0 unspecified atom stereocenters. The highest BCUT2D eigenvalue weighted by Gasteiger charge is 2.14. The second kappa shape index (κ2) is 8.04. The van der Waals surface area contributed by atoms with Crippen molar-refractivity contribution in [2.45, 2.75) is 20.3 Å². The van der Waals surface area contributed by atoms with Crippen LogP contribution in [0.4, 0.5) is 5.69 Å². The van der Waals surface area contributed by atoms with Crippen LogP contribution in [0, 0.1) is 0 Å². The monoisotopic (exact) mass is 279 g/mol. The van der Waals surface area contributed by atoms with E-state index in [0.29, 0.717) is 30.2 Å².